The smallest absolute Gasteiger partial charge is 0.241 e. The number of carbonyl (C=O) groups is 1. The number of benzene rings is 1. The number of hydrogen-bond donors (Lipinski definition) is 2. The van der Waals surface area contributed by atoms with Crippen molar-refractivity contribution in [1.29, 1.82) is 0 Å². The maximum Gasteiger partial charge on any atom is 0.241 e. The minimum Gasteiger partial charge on any atom is -0.380 e. The third-order valence-corrected chi connectivity index (χ3v) is 3.16. The number of halogens is 2. The van der Waals surface area contributed by atoms with Crippen LogP contribution in [0.5, 0.6) is 0 Å². The van der Waals surface area contributed by atoms with Gasteiger partial charge in [-0.1, -0.05) is 11.6 Å². The van der Waals surface area contributed by atoms with Crippen molar-refractivity contribution >= 4 is 23.2 Å². The number of ether oxygens (including phenoxy) is 1. The molecule has 6 heteroatoms. The summed E-state index contributed by atoms with van der Waals surface area (Å²) in [7, 11) is 1.60. The molecule has 2 rings (SSSR count). The van der Waals surface area contributed by atoms with Gasteiger partial charge in [-0.25, -0.2) is 4.39 Å². The van der Waals surface area contributed by atoms with Crippen LogP contribution in [0.4, 0.5) is 10.1 Å². The molecule has 1 amide bonds. The Morgan fingerprint density at radius 3 is 3.00 bits per heavy atom. The van der Waals surface area contributed by atoms with Crippen molar-refractivity contribution in [2.45, 2.75) is 18.6 Å². The molecule has 1 heterocycles. The fourth-order valence-electron chi connectivity index (χ4n) is 1.89. The summed E-state index contributed by atoms with van der Waals surface area (Å²) in [5.74, 6) is -0.812. The van der Waals surface area contributed by atoms with E-state index in [9.17, 15) is 9.18 Å². The van der Waals surface area contributed by atoms with Crippen molar-refractivity contribution in [2.24, 2.45) is 0 Å². The molecule has 2 N–H and O–H groups in total. The van der Waals surface area contributed by atoms with E-state index in [0.717, 1.165) is 6.07 Å². The lowest BCUT2D eigenvalue weighted by atomic mass is 10.2. The number of hydrogen-bond acceptors (Lipinski definition) is 3. The van der Waals surface area contributed by atoms with Gasteiger partial charge in [-0.2, -0.15) is 0 Å². The molecule has 0 radical (unpaired) electrons. The molecule has 2 atom stereocenters. The maximum absolute atomic E-state index is 13.5. The largest absolute Gasteiger partial charge is 0.380 e. The van der Waals surface area contributed by atoms with Crippen LogP contribution in [0.25, 0.3) is 0 Å². The quantitative estimate of drug-likeness (QED) is 0.882. The lowest BCUT2D eigenvalue weighted by molar-refractivity contribution is -0.118. The maximum atomic E-state index is 13.5. The molecule has 0 saturated carbocycles. The molecule has 1 fully saturated rings. The number of carbonyl (C=O) groups excluding carboxylic acids is 1. The average molecular weight is 273 g/mol. The number of amides is 1. The zero-order valence-corrected chi connectivity index (χ0v) is 10.6. The number of methoxy groups -OCH3 is 1. The third-order valence-electron chi connectivity index (χ3n) is 2.93. The summed E-state index contributed by atoms with van der Waals surface area (Å²) in [4.78, 5) is 11.9. The Balaban J connectivity index is 1.99. The molecule has 2 unspecified atom stereocenters. The Morgan fingerprint density at radius 2 is 2.39 bits per heavy atom. The standard InChI is InChI=1S/C12H14ClFN2O2/c1-18-8-5-11(15-6-8)12(17)16-10-3-2-7(13)4-9(10)14/h2-4,8,11,15H,5-6H2,1H3,(H,16,17). The average Bonchev–Trinajstić information content (AvgIpc) is 2.81. The van der Waals surface area contributed by atoms with Gasteiger partial charge >= 0.3 is 0 Å². The highest BCUT2D eigenvalue weighted by atomic mass is 35.5. The van der Waals surface area contributed by atoms with Crippen LogP contribution in [0, 0.1) is 5.82 Å². The topological polar surface area (TPSA) is 50.4 Å². The molecule has 0 aromatic heterocycles. The Hall–Kier alpha value is -1.17. The first-order chi connectivity index (χ1) is 8.60. The first-order valence-corrected chi connectivity index (χ1v) is 6.00. The Kier molecular flexibility index (Phi) is 4.16. The van der Waals surface area contributed by atoms with Gasteiger partial charge in [0.05, 0.1) is 17.8 Å². The summed E-state index contributed by atoms with van der Waals surface area (Å²) in [6, 6.07) is 3.78. The number of rotatable bonds is 3. The zero-order valence-electron chi connectivity index (χ0n) is 9.87. The highest BCUT2D eigenvalue weighted by molar-refractivity contribution is 6.30. The van der Waals surface area contributed by atoms with Crippen molar-refractivity contribution in [1.82, 2.24) is 5.32 Å². The number of nitrogens with one attached hydrogen (secondary N) is 2. The molecule has 4 nitrogen and oxygen atoms in total. The summed E-state index contributed by atoms with van der Waals surface area (Å²) in [6.07, 6.45) is 0.605. The summed E-state index contributed by atoms with van der Waals surface area (Å²) >= 11 is 5.64. The van der Waals surface area contributed by atoms with E-state index in [4.69, 9.17) is 16.3 Å². The molecular formula is C12H14ClFN2O2. The second-order valence-corrected chi connectivity index (χ2v) is 4.60. The minimum atomic E-state index is -0.544. The minimum absolute atomic E-state index is 0.0239. The second-order valence-electron chi connectivity index (χ2n) is 4.17. The molecule has 0 aliphatic carbocycles. The lowest BCUT2D eigenvalue weighted by Crippen LogP contribution is -2.35. The summed E-state index contributed by atoms with van der Waals surface area (Å²) in [5.41, 5.74) is 0.132. The molecule has 1 aliphatic heterocycles. The van der Waals surface area contributed by atoms with Crippen molar-refractivity contribution < 1.29 is 13.9 Å². The van der Waals surface area contributed by atoms with Crippen LogP contribution < -0.4 is 10.6 Å². The van der Waals surface area contributed by atoms with E-state index in [1.165, 1.54) is 12.1 Å². The summed E-state index contributed by atoms with van der Waals surface area (Å²) in [6.45, 7) is 0.623. The molecule has 1 aliphatic rings. The van der Waals surface area contributed by atoms with E-state index >= 15 is 0 Å². The zero-order chi connectivity index (χ0) is 13.1. The van der Waals surface area contributed by atoms with Gasteiger partial charge in [0.2, 0.25) is 5.91 Å². The SMILES string of the molecule is COC1CNC(C(=O)Nc2ccc(Cl)cc2F)C1. The van der Waals surface area contributed by atoms with E-state index < -0.39 is 5.82 Å². The lowest BCUT2D eigenvalue weighted by Gasteiger charge is -2.12. The molecular weight excluding hydrogens is 259 g/mol. The van der Waals surface area contributed by atoms with E-state index in [0.29, 0.717) is 18.0 Å². The predicted octanol–water partition coefficient (Wildman–Crippen LogP) is 1.79. The number of anilines is 1. The van der Waals surface area contributed by atoms with Crippen molar-refractivity contribution in [3.63, 3.8) is 0 Å². The van der Waals surface area contributed by atoms with Crippen LogP contribution in [0.1, 0.15) is 6.42 Å². The van der Waals surface area contributed by atoms with Gasteiger partial charge in [0.15, 0.2) is 0 Å². The Bertz CT molecular complexity index is 456. The van der Waals surface area contributed by atoms with E-state index in [1.807, 2.05) is 0 Å². The highest BCUT2D eigenvalue weighted by Gasteiger charge is 2.29. The van der Waals surface area contributed by atoms with Gasteiger partial charge in [0.1, 0.15) is 5.82 Å². The van der Waals surface area contributed by atoms with Crippen LogP contribution in [0.2, 0.25) is 5.02 Å². The summed E-state index contributed by atoms with van der Waals surface area (Å²) in [5, 5.41) is 5.85. The van der Waals surface area contributed by atoms with Gasteiger partial charge in [-0.3, -0.25) is 4.79 Å². The molecule has 18 heavy (non-hydrogen) atoms. The van der Waals surface area contributed by atoms with Gasteiger partial charge in [0, 0.05) is 18.7 Å². The molecule has 1 saturated heterocycles. The second kappa shape index (κ2) is 5.65. The third kappa shape index (κ3) is 2.98. The van der Waals surface area contributed by atoms with Gasteiger partial charge < -0.3 is 15.4 Å². The molecule has 98 valence electrons. The fraction of sp³-hybridized carbons (Fsp3) is 0.417. The molecule has 1 aromatic carbocycles. The van der Waals surface area contributed by atoms with Crippen LogP contribution in [0.15, 0.2) is 18.2 Å². The highest BCUT2D eigenvalue weighted by Crippen LogP contribution is 2.20. The summed E-state index contributed by atoms with van der Waals surface area (Å²) < 4.78 is 18.6. The predicted molar refractivity (Wildman–Crippen MR) is 67.2 cm³/mol. The monoisotopic (exact) mass is 272 g/mol. The van der Waals surface area contributed by atoms with Crippen LogP contribution in [-0.2, 0) is 9.53 Å². The van der Waals surface area contributed by atoms with Crippen LogP contribution >= 0.6 is 11.6 Å². The first kappa shape index (κ1) is 13.3. The van der Waals surface area contributed by atoms with Gasteiger partial charge in [-0.15, -0.1) is 0 Å². The Labute approximate surface area is 109 Å². The van der Waals surface area contributed by atoms with Crippen molar-refractivity contribution in [3.05, 3.63) is 29.0 Å². The van der Waals surface area contributed by atoms with Crippen molar-refractivity contribution in [2.75, 3.05) is 19.0 Å². The van der Waals surface area contributed by atoms with E-state index in [1.54, 1.807) is 7.11 Å². The van der Waals surface area contributed by atoms with Gasteiger partial charge in [0.25, 0.3) is 0 Å². The van der Waals surface area contributed by atoms with E-state index in [2.05, 4.69) is 10.6 Å². The van der Waals surface area contributed by atoms with Crippen LogP contribution in [0.3, 0.4) is 0 Å². The Morgan fingerprint density at radius 1 is 1.61 bits per heavy atom. The molecule has 0 spiro atoms. The van der Waals surface area contributed by atoms with E-state index in [-0.39, 0.29) is 23.7 Å². The fourth-order valence-corrected chi connectivity index (χ4v) is 2.05. The van der Waals surface area contributed by atoms with Gasteiger partial charge in [-0.05, 0) is 24.6 Å². The first-order valence-electron chi connectivity index (χ1n) is 5.62. The molecule has 1 aromatic rings. The molecule has 0 bridgehead atoms. The van der Waals surface area contributed by atoms with Crippen LogP contribution in [-0.4, -0.2) is 31.7 Å². The normalized spacial score (nSPS) is 23.1. The van der Waals surface area contributed by atoms with Crippen molar-refractivity contribution in [3.8, 4) is 0 Å².